The molecule has 1 heterocycles. The Labute approximate surface area is 180 Å². The average molecular weight is 428 g/mol. The molecule has 1 saturated carbocycles. The maximum Gasteiger partial charge on any atom is 0.416 e. The zero-order valence-electron chi connectivity index (χ0n) is 17.7. The van der Waals surface area contributed by atoms with Crippen LogP contribution in [0.15, 0.2) is 36.4 Å². The lowest BCUT2D eigenvalue weighted by Gasteiger charge is -2.23. The fraction of sp³-hybridized carbons (Fsp3) is 0.462. The minimum atomic E-state index is -4.34. The first-order valence-electron chi connectivity index (χ1n) is 11.4. The van der Waals surface area contributed by atoms with Gasteiger partial charge < -0.3 is 9.72 Å². The van der Waals surface area contributed by atoms with Crippen LogP contribution in [0.5, 0.6) is 5.75 Å². The Morgan fingerprint density at radius 3 is 2.58 bits per heavy atom. The van der Waals surface area contributed by atoms with Gasteiger partial charge in [-0.3, -0.25) is 0 Å². The third-order valence-corrected chi connectivity index (χ3v) is 6.94. The van der Waals surface area contributed by atoms with Gasteiger partial charge in [-0.05, 0) is 72.6 Å². The summed E-state index contributed by atoms with van der Waals surface area (Å²) >= 11 is 0. The molecule has 0 saturated heterocycles. The molecule has 2 nitrogen and oxygen atoms in total. The van der Waals surface area contributed by atoms with Crippen LogP contribution in [0, 0.1) is 5.92 Å². The summed E-state index contributed by atoms with van der Waals surface area (Å²) in [6.07, 6.45) is 5.02. The molecule has 1 fully saturated rings. The Balaban J connectivity index is 1.33. The first-order chi connectivity index (χ1) is 15.0. The molecule has 0 unspecified atom stereocenters. The van der Waals surface area contributed by atoms with Crippen LogP contribution in [0.3, 0.4) is 0 Å². The van der Waals surface area contributed by atoms with Crippen molar-refractivity contribution < 1.29 is 17.9 Å². The lowest BCUT2D eigenvalue weighted by molar-refractivity contribution is -0.138. The molecule has 5 rings (SSSR count). The third-order valence-electron chi connectivity index (χ3n) is 6.94. The molecule has 0 radical (unpaired) electrons. The van der Waals surface area contributed by atoms with Crippen molar-refractivity contribution in [3.05, 3.63) is 64.3 Å². The van der Waals surface area contributed by atoms with Gasteiger partial charge in [0.25, 0.3) is 0 Å². The number of halogens is 3. The number of aryl methyl sites for hydroxylation is 2. The van der Waals surface area contributed by atoms with E-state index in [4.69, 9.17) is 4.74 Å². The number of rotatable bonds is 5. The first kappa shape index (κ1) is 20.5. The van der Waals surface area contributed by atoms with Crippen LogP contribution < -0.4 is 4.74 Å². The largest absolute Gasteiger partial charge is 0.489 e. The molecule has 164 valence electrons. The maximum atomic E-state index is 13.8. The van der Waals surface area contributed by atoms with Crippen LogP contribution >= 0.6 is 0 Å². The zero-order valence-corrected chi connectivity index (χ0v) is 17.7. The second kappa shape index (κ2) is 8.25. The Hall–Kier alpha value is -2.43. The van der Waals surface area contributed by atoms with E-state index in [1.807, 2.05) is 18.2 Å². The number of ether oxygens (including phenoxy) is 1. The molecule has 0 spiro atoms. The summed E-state index contributed by atoms with van der Waals surface area (Å²) in [7, 11) is 0. The van der Waals surface area contributed by atoms with Gasteiger partial charge in [-0.25, -0.2) is 0 Å². The van der Waals surface area contributed by atoms with E-state index in [0.29, 0.717) is 29.2 Å². The van der Waals surface area contributed by atoms with Crippen LogP contribution in [0.1, 0.15) is 66.5 Å². The molecule has 0 amide bonds. The highest BCUT2D eigenvalue weighted by Crippen LogP contribution is 2.36. The van der Waals surface area contributed by atoms with Gasteiger partial charge in [0.15, 0.2) is 0 Å². The Kier molecular flexibility index (Phi) is 5.45. The van der Waals surface area contributed by atoms with Gasteiger partial charge in [-0.2, -0.15) is 13.2 Å². The number of fused-ring (bicyclic) bond motifs is 3. The van der Waals surface area contributed by atoms with Gasteiger partial charge in [0.1, 0.15) is 12.4 Å². The SMILES string of the molecule is FC(F)(F)c1cc(COc2ccc3[nH]c4c(c3c2)CCC4)ccc1CC1CCCCC1. The summed E-state index contributed by atoms with van der Waals surface area (Å²) in [5.74, 6) is 1.06. The maximum absolute atomic E-state index is 13.8. The lowest BCUT2D eigenvalue weighted by atomic mass is 9.83. The summed E-state index contributed by atoms with van der Waals surface area (Å²) in [6.45, 7) is 0.130. The van der Waals surface area contributed by atoms with Gasteiger partial charge in [-0.15, -0.1) is 0 Å². The fourth-order valence-electron chi connectivity index (χ4n) is 5.34. The van der Waals surface area contributed by atoms with Crippen molar-refractivity contribution in [1.29, 1.82) is 0 Å². The Bertz CT molecular complexity index is 1080. The summed E-state index contributed by atoms with van der Waals surface area (Å²) in [4.78, 5) is 3.46. The average Bonchev–Trinajstić information content (AvgIpc) is 3.34. The highest BCUT2D eigenvalue weighted by Gasteiger charge is 2.34. The predicted octanol–water partition coefficient (Wildman–Crippen LogP) is 7.38. The number of aromatic nitrogens is 1. The number of alkyl halides is 3. The summed E-state index contributed by atoms with van der Waals surface area (Å²) < 4.78 is 47.2. The standard InChI is InChI=1S/C26H28F3NO/c27-26(28,29)23-14-18(9-10-19(23)13-17-5-2-1-3-6-17)16-31-20-11-12-25-22(15-20)21-7-4-8-24(21)30-25/h9-12,14-15,17,30H,1-8,13,16H2. The normalized spacial score (nSPS) is 17.3. The predicted molar refractivity (Wildman–Crippen MR) is 116 cm³/mol. The quantitative estimate of drug-likeness (QED) is 0.451. The van der Waals surface area contributed by atoms with Crippen molar-refractivity contribution in [2.75, 3.05) is 0 Å². The molecule has 2 aliphatic rings. The third kappa shape index (κ3) is 4.32. The second-order valence-electron chi connectivity index (χ2n) is 9.13. The van der Waals surface area contributed by atoms with E-state index in [-0.39, 0.29) is 6.61 Å². The van der Waals surface area contributed by atoms with E-state index in [2.05, 4.69) is 4.98 Å². The van der Waals surface area contributed by atoms with Crippen LogP contribution in [-0.2, 0) is 32.0 Å². The molecule has 3 aromatic rings. The molecular weight excluding hydrogens is 399 g/mol. The number of hydrogen-bond donors (Lipinski definition) is 1. The van der Waals surface area contributed by atoms with E-state index < -0.39 is 11.7 Å². The van der Waals surface area contributed by atoms with Crippen molar-refractivity contribution in [2.24, 2.45) is 5.92 Å². The second-order valence-corrected chi connectivity index (χ2v) is 9.13. The molecule has 0 atom stereocenters. The van der Waals surface area contributed by atoms with E-state index in [0.717, 1.165) is 50.5 Å². The Morgan fingerprint density at radius 1 is 0.935 bits per heavy atom. The first-order valence-corrected chi connectivity index (χ1v) is 11.4. The van der Waals surface area contributed by atoms with Crippen molar-refractivity contribution >= 4 is 10.9 Å². The summed E-state index contributed by atoms with van der Waals surface area (Å²) in [5, 5.41) is 1.17. The van der Waals surface area contributed by atoms with Crippen LogP contribution in [0.4, 0.5) is 13.2 Å². The van der Waals surface area contributed by atoms with Crippen molar-refractivity contribution in [2.45, 2.75) is 70.6 Å². The van der Waals surface area contributed by atoms with Gasteiger partial charge >= 0.3 is 6.18 Å². The Morgan fingerprint density at radius 2 is 1.77 bits per heavy atom. The smallest absolute Gasteiger partial charge is 0.416 e. The zero-order chi connectivity index (χ0) is 21.4. The number of H-pyrrole nitrogens is 1. The molecule has 0 bridgehead atoms. The number of benzene rings is 2. The van der Waals surface area contributed by atoms with E-state index in [9.17, 15) is 13.2 Å². The number of nitrogens with one attached hydrogen (secondary N) is 1. The van der Waals surface area contributed by atoms with Crippen molar-refractivity contribution in [3.63, 3.8) is 0 Å². The van der Waals surface area contributed by atoms with Crippen molar-refractivity contribution in [3.8, 4) is 5.75 Å². The highest BCUT2D eigenvalue weighted by molar-refractivity contribution is 5.86. The van der Waals surface area contributed by atoms with Crippen molar-refractivity contribution in [1.82, 2.24) is 4.98 Å². The lowest BCUT2D eigenvalue weighted by Crippen LogP contribution is -2.15. The molecular formula is C26H28F3NO. The minimum absolute atomic E-state index is 0.130. The number of aromatic amines is 1. The van der Waals surface area contributed by atoms with Gasteiger partial charge in [0.2, 0.25) is 0 Å². The molecule has 31 heavy (non-hydrogen) atoms. The van der Waals surface area contributed by atoms with Gasteiger partial charge in [-0.1, -0.05) is 44.2 Å². The minimum Gasteiger partial charge on any atom is -0.489 e. The van der Waals surface area contributed by atoms with Crippen LogP contribution in [-0.4, -0.2) is 4.98 Å². The summed E-state index contributed by atoms with van der Waals surface area (Å²) in [6, 6.07) is 10.6. The molecule has 5 heteroatoms. The molecule has 1 N–H and O–H groups in total. The molecule has 2 aliphatic carbocycles. The fourth-order valence-corrected chi connectivity index (χ4v) is 5.34. The number of hydrogen-bond acceptors (Lipinski definition) is 1. The van der Waals surface area contributed by atoms with Gasteiger partial charge in [0.05, 0.1) is 5.56 Å². The van der Waals surface area contributed by atoms with E-state index in [1.54, 1.807) is 12.1 Å². The topological polar surface area (TPSA) is 25.0 Å². The molecule has 2 aromatic carbocycles. The molecule has 0 aliphatic heterocycles. The van der Waals surface area contributed by atoms with E-state index >= 15 is 0 Å². The molecule has 1 aromatic heterocycles. The van der Waals surface area contributed by atoms with Crippen LogP contribution in [0.2, 0.25) is 0 Å². The highest BCUT2D eigenvalue weighted by atomic mass is 19.4. The van der Waals surface area contributed by atoms with E-state index in [1.165, 1.54) is 29.1 Å². The summed E-state index contributed by atoms with van der Waals surface area (Å²) in [5.41, 5.74) is 4.23. The van der Waals surface area contributed by atoms with Gasteiger partial charge in [0, 0.05) is 16.6 Å². The monoisotopic (exact) mass is 427 g/mol. The van der Waals surface area contributed by atoms with Crippen LogP contribution in [0.25, 0.3) is 10.9 Å².